The summed E-state index contributed by atoms with van der Waals surface area (Å²) in [5.41, 5.74) is 1.44. The van der Waals surface area contributed by atoms with Crippen LogP contribution in [0.1, 0.15) is 22.5 Å². The summed E-state index contributed by atoms with van der Waals surface area (Å²) in [7, 11) is 1.66. The van der Waals surface area contributed by atoms with Crippen molar-refractivity contribution < 1.29 is 14.3 Å². The van der Waals surface area contributed by atoms with Crippen molar-refractivity contribution in [1.29, 1.82) is 0 Å². The lowest BCUT2D eigenvalue weighted by Gasteiger charge is -2.36. The minimum absolute atomic E-state index is 0.0723. The second-order valence-corrected chi connectivity index (χ2v) is 9.49. The Kier molecular flexibility index (Phi) is 7.41. The molecule has 1 unspecified atom stereocenters. The molecule has 1 aliphatic carbocycles. The first-order valence-corrected chi connectivity index (χ1v) is 12.6. The molecule has 0 bridgehead atoms. The molecule has 1 atom stereocenters. The van der Waals surface area contributed by atoms with Crippen LogP contribution in [0.4, 0.5) is 16.0 Å². The average molecular weight is 503 g/mol. The van der Waals surface area contributed by atoms with Gasteiger partial charge < -0.3 is 19.8 Å². The van der Waals surface area contributed by atoms with Gasteiger partial charge in [-0.15, -0.1) is 5.10 Å². The van der Waals surface area contributed by atoms with Crippen molar-refractivity contribution in [3.8, 4) is 0 Å². The lowest BCUT2D eigenvalue weighted by Crippen LogP contribution is -2.47. The second-order valence-electron chi connectivity index (χ2n) is 9.49. The number of hydrogen-bond donors (Lipinski definition) is 1. The maximum absolute atomic E-state index is 13.4. The normalized spacial score (nSPS) is 17.7. The second kappa shape index (κ2) is 11.0. The van der Waals surface area contributed by atoms with Gasteiger partial charge in [-0.2, -0.15) is 5.10 Å². The Morgan fingerprint density at radius 1 is 1.08 bits per heavy atom. The summed E-state index contributed by atoms with van der Waals surface area (Å²) in [5, 5.41) is 20.5. The first kappa shape index (κ1) is 24.8. The van der Waals surface area contributed by atoms with Gasteiger partial charge in [0.1, 0.15) is 11.6 Å². The van der Waals surface area contributed by atoms with Crippen molar-refractivity contribution in [2.75, 3.05) is 56.2 Å². The lowest BCUT2D eigenvalue weighted by molar-refractivity contribution is 0.0766. The monoisotopic (exact) mass is 502 g/mol. The van der Waals surface area contributed by atoms with Gasteiger partial charge in [-0.3, -0.25) is 4.79 Å². The quantitative estimate of drug-likeness (QED) is 0.530. The standard InChI is InChI=1S/C28H31FN6O2/c1-33(16-17-36)28(37)21-8-11-26(30-19-21)34-12-14-35(15-13-34)27-24-5-3-2-4-23(24)25(31-32-27)18-20-6-9-22(29)10-7-20/h2-6,8-11,19-20,36H,7,12-18H2,1H3. The molecule has 1 N–H and O–H groups in total. The molecule has 1 fully saturated rings. The zero-order valence-electron chi connectivity index (χ0n) is 20.9. The molecule has 8 nitrogen and oxygen atoms in total. The van der Waals surface area contributed by atoms with E-state index in [1.54, 1.807) is 25.4 Å². The number of aromatic nitrogens is 3. The number of aliphatic hydroxyl groups excluding tert-OH is 1. The third-order valence-electron chi connectivity index (χ3n) is 7.02. The number of benzene rings is 1. The first-order valence-electron chi connectivity index (χ1n) is 12.6. The van der Waals surface area contributed by atoms with Crippen LogP contribution in [0.3, 0.4) is 0 Å². The van der Waals surface area contributed by atoms with Crippen molar-refractivity contribution in [3.63, 3.8) is 0 Å². The van der Waals surface area contributed by atoms with E-state index >= 15 is 0 Å². The Morgan fingerprint density at radius 2 is 1.84 bits per heavy atom. The number of pyridine rings is 1. The van der Waals surface area contributed by atoms with Gasteiger partial charge >= 0.3 is 0 Å². The summed E-state index contributed by atoms with van der Waals surface area (Å²) in [6.45, 7) is 3.30. The van der Waals surface area contributed by atoms with Crippen molar-refractivity contribution in [3.05, 3.63) is 77.9 Å². The van der Waals surface area contributed by atoms with E-state index in [0.29, 0.717) is 12.0 Å². The minimum Gasteiger partial charge on any atom is -0.395 e. The molecule has 1 saturated heterocycles. The fourth-order valence-corrected chi connectivity index (χ4v) is 4.89. The van der Waals surface area contributed by atoms with E-state index in [1.807, 2.05) is 24.3 Å². The Labute approximate surface area is 215 Å². The lowest BCUT2D eigenvalue weighted by atomic mass is 9.93. The van der Waals surface area contributed by atoms with Crippen molar-refractivity contribution in [1.82, 2.24) is 20.1 Å². The Morgan fingerprint density at radius 3 is 2.51 bits per heavy atom. The van der Waals surface area contributed by atoms with E-state index in [2.05, 4.69) is 37.1 Å². The molecule has 9 heteroatoms. The van der Waals surface area contributed by atoms with Gasteiger partial charge in [0.15, 0.2) is 5.82 Å². The van der Waals surface area contributed by atoms with Crippen molar-refractivity contribution in [2.24, 2.45) is 5.92 Å². The van der Waals surface area contributed by atoms with Crippen LogP contribution in [-0.4, -0.2) is 77.5 Å². The molecule has 5 rings (SSSR count). The zero-order valence-corrected chi connectivity index (χ0v) is 20.9. The highest BCUT2D eigenvalue weighted by Gasteiger charge is 2.23. The molecule has 1 aromatic carbocycles. The van der Waals surface area contributed by atoms with Crippen LogP contribution in [0.2, 0.25) is 0 Å². The highest BCUT2D eigenvalue weighted by atomic mass is 19.1. The van der Waals surface area contributed by atoms with E-state index in [4.69, 9.17) is 5.11 Å². The number of carbonyl (C=O) groups excluding carboxylic acids is 1. The molecule has 3 heterocycles. The summed E-state index contributed by atoms with van der Waals surface area (Å²) in [6, 6.07) is 11.9. The van der Waals surface area contributed by atoms with Gasteiger partial charge in [0.25, 0.3) is 5.91 Å². The third-order valence-corrected chi connectivity index (χ3v) is 7.02. The highest BCUT2D eigenvalue weighted by molar-refractivity contribution is 5.94. The Balaban J connectivity index is 1.26. The molecular formula is C28H31FN6O2. The van der Waals surface area contributed by atoms with Gasteiger partial charge in [0, 0.05) is 56.7 Å². The summed E-state index contributed by atoms with van der Waals surface area (Å²) < 4.78 is 13.4. The molecule has 2 aliphatic rings. The maximum atomic E-state index is 13.4. The van der Waals surface area contributed by atoms with Crippen LogP contribution in [0, 0.1) is 5.92 Å². The molecule has 0 spiro atoms. The van der Waals surface area contributed by atoms with Gasteiger partial charge in [-0.05, 0) is 43.0 Å². The fraction of sp³-hybridized carbons (Fsp3) is 0.357. The minimum atomic E-state index is -0.174. The number of rotatable bonds is 7. The smallest absolute Gasteiger partial charge is 0.255 e. The molecule has 1 amide bonds. The topological polar surface area (TPSA) is 85.7 Å². The molecule has 2 aromatic heterocycles. The number of aliphatic hydroxyl groups is 1. The molecule has 1 aliphatic heterocycles. The molecule has 0 saturated carbocycles. The van der Waals surface area contributed by atoms with Crippen LogP contribution >= 0.6 is 0 Å². The van der Waals surface area contributed by atoms with Crippen molar-refractivity contribution >= 4 is 28.3 Å². The van der Waals surface area contributed by atoms with Gasteiger partial charge in [0.2, 0.25) is 0 Å². The van der Waals surface area contributed by atoms with Crippen molar-refractivity contribution in [2.45, 2.75) is 12.8 Å². The van der Waals surface area contributed by atoms with E-state index in [0.717, 1.165) is 60.7 Å². The molecule has 3 aromatic rings. The van der Waals surface area contributed by atoms with E-state index in [-0.39, 0.29) is 30.8 Å². The number of amides is 1. The molecular weight excluding hydrogens is 471 g/mol. The first-order chi connectivity index (χ1) is 18.0. The molecule has 0 radical (unpaired) electrons. The van der Waals surface area contributed by atoms with Gasteiger partial charge in [-0.1, -0.05) is 30.3 Å². The Bertz CT molecular complexity index is 1320. The maximum Gasteiger partial charge on any atom is 0.255 e. The molecule has 192 valence electrons. The van der Waals surface area contributed by atoms with E-state index in [9.17, 15) is 9.18 Å². The highest BCUT2D eigenvalue weighted by Crippen LogP contribution is 2.30. The number of halogens is 1. The number of fused-ring (bicyclic) bond motifs is 1. The number of piperazine rings is 1. The predicted molar refractivity (Wildman–Crippen MR) is 142 cm³/mol. The SMILES string of the molecule is CN(CCO)C(=O)c1ccc(N2CCN(c3nnc(CC4C=CC(F)=CC4)c4ccccc34)CC2)nc1. The van der Waals surface area contributed by atoms with Crippen LogP contribution in [0.25, 0.3) is 10.8 Å². The summed E-state index contributed by atoms with van der Waals surface area (Å²) in [6.07, 6.45) is 8.08. The number of anilines is 2. The number of allylic oxidation sites excluding steroid dienone is 4. The average Bonchev–Trinajstić information content (AvgIpc) is 2.94. The summed E-state index contributed by atoms with van der Waals surface area (Å²) in [4.78, 5) is 22.9. The number of likely N-dealkylation sites (N-methyl/N-ethyl adjacent to an activating group) is 1. The van der Waals surface area contributed by atoms with Crippen LogP contribution in [0.5, 0.6) is 0 Å². The fourth-order valence-electron chi connectivity index (χ4n) is 4.89. The third kappa shape index (κ3) is 5.46. The number of hydrogen-bond acceptors (Lipinski definition) is 7. The number of nitrogens with zero attached hydrogens (tertiary/aromatic N) is 6. The Hall–Kier alpha value is -3.85. The van der Waals surface area contributed by atoms with Crippen LogP contribution < -0.4 is 9.80 Å². The number of carbonyl (C=O) groups is 1. The van der Waals surface area contributed by atoms with Gasteiger partial charge in [0.05, 0.1) is 17.9 Å². The zero-order chi connectivity index (χ0) is 25.8. The van der Waals surface area contributed by atoms with Crippen LogP contribution in [-0.2, 0) is 6.42 Å². The van der Waals surface area contributed by atoms with E-state index in [1.165, 1.54) is 11.0 Å². The summed E-state index contributed by atoms with van der Waals surface area (Å²) >= 11 is 0. The largest absolute Gasteiger partial charge is 0.395 e. The van der Waals surface area contributed by atoms with Gasteiger partial charge in [-0.25, -0.2) is 9.37 Å². The van der Waals surface area contributed by atoms with E-state index < -0.39 is 0 Å². The molecule has 37 heavy (non-hydrogen) atoms. The predicted octanol–water partition coefficient (Wildman–Crippen LogP) is 3.39. The summed E-state index contributed by atoms with van der Waals surface area (Å²) in [5.74, 6) is 1.60. The van der Waals surface area contributed by atoms with Crippen LogP contribution in [0.15, 0.2) is 66.6 Å².